The van der Waals surface area contributed by atoms with Gasteiger partial charge in [-0.05, 0) is 60.9 Å². The molecule has 1 N–H and O–H groups in total. The number of carbonyl (C=O) groups is 2. The fraction of sp³-hybridized carbons (Fsp3) is 0.261. The molecule has 2 aromatic carbocycles. The van der Waals surface area contributed by atoms with E-state index in [0.29, 0.717) is 27.2 Å². The van der Waals surface area contributed by atoms with E-state index in [-0.39, 0.29) is 24.5 Å². The number of thiocarbonyl (C=S) groups is 1. The van der Waals surface area contributed by atoms with Gasteiger partial charge in [-0.25, -0.2) is 0 Å². The predicted molar refractivity (Wildman–Crippen MR) is 134 cm³/mol. The van der Waals surface area contributed by atoms with Crippen LogP contribution in [0.2, 0.25) is 0 Å². The number of nitrogens with one attached hydrogen (secondary N) is 1. The second kappa shape index (κ2) is 10.6. The molecule has 0 unspecified atom stereocenters. The number of hydrogen-bond acceptors (Lipinski definition) is 6. The third-order valence-corrected chi connectivity index (χ3v) is 6.87. The largest absolute Gasteiger partial charge is 0.484 e. The van der Waals surface area contributed by atoms with Crippen molar-refractivity contribution in [1.29, 1.82) is 0 Å². The van der Waals surface area contributed by atoms with Gasteiger partial charge in [-0.15, -0.1) is 0 Å². The van der Waals surface area contributed by atoms with Crippen LogP contribution in [0.4, 0.5) is 5.69 Å². The number of anilines is 1. The van der Waals surface area contributed by atoms with Crippen LogP contribution in [0.3, 0.4) is 0 Å². The molecular weight excluding hydrogens is 512 g/mol. The zero-order valence-corrected chi connectivity index (χ0v) is 20.3. The molecule has 32 heavy (non-hydrogen) atoms. The van der Waals surface area contributed by atoms with Crippen molar-refractivity contribution in [3.05, 3.63) is 63.5 Å². The van der Waals surface area contributed by atoms with E-state index in [0.717, 1.165) is 29.5 Å². The molecule has 2 fully saturated rings. The molecule has 166 valence electrons. The van der Waals surface area contributed by atoms with E-state index in [1.54, 1.807) is 29.2 Å². The molecule has 0 aromatic heterocycles. The molecule has 2 aliphatic heterocycles. The first-order valence-corrected chi connectivity index (χ1v) is 12.1. The van der Waals surface area contributed by atoms with Crippen LogP contribution in [0.5, 0.6) is 5.75 Å². The molecule has 0 aliphatic carbocycles. The number of hydrogen-bond donors (Lipinski definition) is 1. The lowest BCUT2D eigenvalue weighted by Gasteiger charge is -2.18. The summed E-state index contributed by atoms with van der Waals surface area (Å²) in [4.78, 5) is 27.0. The zero-order valence-electron chi connectivity index (χ0n) is 17.1. The van der Waals surface area contributed by atoms with Crippen LogP contribution in [0.15, 0.2) is 57.9 Å². The van der Waals surface area contributed by atoms with Gasteiger partial charge < -0.3 is 14.8 Å². The molecule has 2 aliphatic rings. The fourth-order valence-electron chi connectivity index (χ4n) is 3.34. The van der Waals surface area contributed by atoms with Gasteiger partial charge >= 0.3 is 0 Å². The highest BCUT2D eigenvalue weighted by atomic mass is 79.9. The Bertz CT molecular complexity index is 1030. The molecule has 4 rings (SSSR count). The number of ether oxygens (including phenoxy) is 2. The number of rotatable bonds is 7. The topological polar surface area (TPSA) is 67.9 Å². The maximum atomic E-state index is 12.7. The maximum absolute atomic E-state index is 12.7. The maximum Gasteiger partial charge on any atom is 0.266 e. The highest BCUT2D eigenvalue weighted by Crippen LogP contribution is 2.33. The minimum atomic E-state index is -0.244. The van der Waals surface area contributed by atoms with Gasteiger partial charge in [0.2, 0.25) is 0 Å². The van der Waals surface area contributed by atoms with E-state index in [1.165, 1.54) is 11.8 Å². The van der Waals surface area contributed by atoms with Crippen molar-refractivity contribution in [3.8, 4) is 5.75 Å². The molecule has 2 saturated heterocycles. The fourth-order valence-corrected chi connectivity index (χ4v) is 4.88. The van der Waals surface area contributed by atoms with Crippen LogP contribution in [0.1, 0.15) is 18.4 Å². The van der Waals surface area contributed by atoms with Gasteiger partial charge in [0.25, 0.3) is 11.8 Å². The second-order valence-electron chi connectivity index (χ2n) is 7.34. The summed E-state index contributed by atoms with van der Waals surface area (Å²) in [6.45, 7) is 1.16. The zero-order chi connectivity index (χ0) is 22.5. The van der Waals surface area contributed by atoms with E-state index in [2.05, 4.69) is 21.2 Å². The quantitative estimate of drug-likeness (QED) is 0.406. The third-order valence-electron chi connectivity index (χ3n) is 4.96. The van der Waals surface area contributed by atoms with Crippen molar-refractivity contribution in [3.63, 3.8) is 0 Å². The van der Waals surface area contributed by atoms with Crippen molar-refractivity contribution in [2.24, 2.45) is 0 Å². The smallest absolute Gasteiger partial charge is 0.266 e. The molecule has 0 radical (unpaired) electrons. The summed E-state index contributed by atoms with van der Waals surface area (Å²) < 4.78 is 12.7. The van der Waals surface area contributed by atoms with Gasteiger partial charge in [0.1, 0.15) is 10.1 Å². The van der Waals surface area contributed by atoms with E-state index in [1.807, 2.05) is 30.3 Å². The Morgan fingerprint density at radius 2 is 2.00 bits per heavy atom. The first-order chi connectivity index (χ1) is 15.5. The lowest BCUT2D eigenvalue weighted by Crippen LogP contribution is -2.35. The van der Waals surface area contributed by atoms with Crippen molar-refractivity contribution in [2.75, 3.05) is 25.1 Å². The average molecular weight is 533 g/mol. The second-order valence-corrected chi connectivity index (χ2v) is 9.93. The van der Waals surface area contributed by atoms with Gasteiger partial charge in [-0.3, -0.25) is 14.5 Å². The Morgan fingerprint density at radius 3 is 2.69 bits per heavy atom. The summed E-state index contributed by atoms with van der Waals surface area (Å²) in [5, 5.41) is 2.78. The Morgan fingerprint density at radius 1 is 1.25 bits per heavy atom. The van der Waals surface area contributed by atoms with Gasteiger partial charge in [0.05, 0.1) is 17.6 Å². The van der Waals surface area contributed by atoms with Crippen LogP contribution in [0, 0.1) is 0 Å². The van der Waals surface area contributed by atoms with Crippen molar-refractivity contribution >= 4 is 67.8 Å². The first-order valence-electron chi connectivity index (χ1n) is 10.1. The summed E-state index contributed by atoms with van der Waals surface area (Å²) >= 11 is 10.1. The predicted octanol–water partition coefficient (Wildman–Crippen LogP) is 4.85. The monoisotopic (exact) mass is 532 g/mol. The molecule has 0 saturated carbocycles. The van der Waals surface area contributed by atoms with Crippen molar-refractivity contribution < 1.29 is 19.1 Å². The number of thioether (sulfide) groups is 1. The molecule has 9 heteroatoms. The molecular formula is C23H21BrN2O4S2. The normalized spacial score (nSPS) is 19.6. The highest BCUT2D eigenvalue weighted by Gasteiger charge is 2.34. The SMILES string of the molecule is O=C(COc1ccc(/C=C2\SC(=S)N(C[C@@H]3CCCO3)C2=O)cc1)Nc1ccc(Br)cc1. The van der Waals surface area contributed by atoms with Gasteiger partial charge in [0, 0.05) is 16.8 Å². The van der Waals surface area contributed by atoms with E-state index < -0.39 is 0 Å². The Kier molecular flexibility index (Phi) is 7.62. The van der Waals surface area contributed by atoms with Gasteiger partial charge in [-0.1, -0.05) is 52.0 Å². The summed E-state index contributed by atoms with van der Waals surface area (Å²) in [6, 6.07) is 14.5. The number of benzene rings is 2. The van der Waals surface area contributed by atoms with Crippen LogP contribution < -0.4 is 10.1 Å². The molecule has 0 bridgehead atoms. The number of halogens is 1. The molecule has 6 nitrogen and oxygen atoms in total. The lowest BCUT2D eigenvalue weighted by molar-refractivity contribution is -0.123. The summed E-state index contributed by atoms with van der Waals surface area (Å²) in [5.74, 6) is 0.241. The van der Waals surface area contributed by atoms with E-state index in [4.69, 9.17) is 21.7 Å². The van der Waals surface area contributed by atoms with E-state index >= 15 is 0 Å². The number of nitrogens with zero attached hydrogens (tertiary/aromatic N) is 1. The Labute approximate surface area is 204 Å². The van der Waals surface area contributed by atoms with Gasteiger partial charge in [0.15, 0.2) is 6.61 Å². The summed E-state index contributed by atoms with van der Waals surface area (Å²) in [7, 11) is 0. The van der Waals surface area contributed by atoms with Crippen LogP contribution in [0.25, 0.3) is 6.08 Å². The Balaban J connectivity index is 1.30. The lowest BCUT2D eigenvalue weighted by atomic mass is 10.2. The summed E-state index contributed by atoms with van der Waals surface area (Å²) in [5.41, 5.74) is 1.56. The minimum absolute atomic E-state index is 0.0641. The minimum Gasteiger partial charge on any atom is -0.484 e. The molecule has 2 amide bonds. The van der Waals surface area contributed by atoms with Crippen LogP contribution in [-0.4, -0.2) is 46.9 Å². The van der Waals surface area contributed by atoms with Crippen molar-refractivity contribution in [2.45, 2.75) is 18.9 Å². The van der Waals surface area contributed by atoms with Gasteiger partial charge in [-0.2, -0.15) is 0 Å². The molecule has 1 atom stereocenters. The molecule has 0 spiro atoms. The Hall–Kier alpha value is -2.20. The molecule has 2 heterocycles. The van der Waals surface area contributed by atoms with Crippen LogP contribution >= 0.6 is 39.9 Å². The average Bonchev–Trinajstić information content (AvgIpc) is 3.39. The van der Waals surface area contributed by atoms with Crippen LogP contribution in [-0.2, 0) is 14.3 Å². The number of amides is 2. The standard InChI is InChI=1S/C23H21BrN2O4S2/c24-16-5-7-17(8-6-16)25-21(27)14-30-18-9-3-15(4-10-18)12-20-22(28)26(23(31)32-20)13-19-2-1-11-29-19/h3-10,12,19H,1-2,11,13-14H2,(H,25,27)/b20-12-/t19-/m0/s1. The van der Waals surface area contributed by atoms with E-state index in [9.17, 15) is 9.59 Å². The summed E-state index contributed by atoms with van der Waals surface area (Å²) in [6.07, 6.45) is 3.86. The first kappa shape index (κ1) is 23.0. The highest BCUT2D eigenvalue weighted by molar-refractivity contribution is 9.10. The number of carbonyl (C=O) groups excluding carboxylic acids is 2. The molecule has 2 aromatic rings. The third kappa shape index (κ3) is 5.98. The van der Waals surface area contributed by atoms with Crippen molar-refractivity contribution in [1.82, 2.24) is 4.90 Å².